The first-order chi connectivity index (χ1) is 11.1. The van der Waals surface area contributed by atoms with Gasteiger partial charge < -0.3 is 5.32 Å². The summed E-state index contributed by atoms with van der Waals surface area (Å²) in [5.41, 5.74) is -0.866. The van der Waals surface area contributed by atoms with Crippen molar-refractivity contribution in [3.63, 3.8) is 0 Å². The standard InChI is InChI=1S/C14H10F4N2O3S/c15-10-5-11(16)13(18)12(17)9(10)6-20-14(21)7-1-3-8(4-2-7)24(19,22)23/h1-5H,6H2,(H,20,21)(H2,19,22,23). The van der Waals surface area contributed by atoms with E-state index < -0.39 is 51.3 Å². The molecule has 0 radical (unpaired) electrons. The van der Waals surface area contributed by atoms with Crippen molar-refractivity contribution in [1.82, 2.24) is 5.32 Å². The molecule has 24 heavy (non-hydrogen) atoms. The molecule has 0 bridgehead atoms. The van der Waals surface area contributed by atoms with E-state index in [-0.39, 0.29) is 16.5 Å². The second-order valence-corrected chi connectivity index (χ2v) is 6.26. The van der Waals surface area contributed by atoms with Crippen molar-refractivity contribution in [2.45, 2.75) is 11.4 Å². The molecule has 128 valence electrons. The lowest BCUT2D eigenvalue weighted by atomic mass is 10.1. The Morgan fingerprint density at radius 1 is 1.00 bits per heavy atom. The van der Waals surface area contributed by atoms with E-state index in [1.165, 1.54) is 0 Å². The number of amides is 1. The third kappa shape index (κ3) is 3.71. The van der Waals surface area contributed by atoms with E-state index in [0.717, 1.165) is 24.3 Å². The Balaban J connectivity index is 2.16. The molecule has 2 aromatic carbocycles. The van der Waals surface area contributed by atoms with E-state index in [9.17, 15) is 30.8 Å². The Kier molecular flexibility index (Phi) is 4.90. The van der Waals surface area contributed by atoms with Crippen LogP contribution in [0.5, 0.6) is 0 Å². The molecule has 10 heteroatoms. The monoisotopic (exact) mass is 362 g/mol. The zero-order valence-electron chi connectivity index (χ0n) is 11.8. The lowest BCUT2D eigenvalue weighted by molar-refractivity contribution is 0.0950. The minimum atomic E-state index is -3.93. The molecule has 0 saturated heterocycles. The average molecular weight is 362 g/mol. The highest BCUT2D eigenvalue weighted by Crippen LogP contribution is 2.19. The lowest BCUT2D eigenvalue weighted by Crippen LogP contribution is -2.24. The quantitative estimate of drug-likeness (QED) is 0.494. The molecule has 0 atom stereocenters. The average Bonchev–Trinajstić information content (AvgIpc) is 2.51. The van der Waals surface area contributed by atoms with E-state index in [4.69, 9.17) is 5.14 Å². The van der Waals surface area contributed by atoms with Crippen molar-refractivity contribution < 1.29 is 30.8 Å². The number of hydrogen-bond acceptors (Lipinski definition) is 3. The van der Waals surface area contributed by atoms with Gasteiger partial charge in [-0.15, -0.1) is 0 Å². The van der Waals surface area contributed by atoms with Crippen LogP contribution in [-0.2, 0) is 16.6 Å². The fraction of sp³-hybridized carbons (Fsp3) is 0.0714. The number of carbonyl (C=O) groups is 1. The first-order valence-corrected chi connectivity index (χ1v) is 7.89. The maximum Gasteiger partial charge on any atom is 0.251 e. The maximum atomic E-state index is 13.5. The summed E-state index contributed by atoms with van der Waals surface area (Å²) >= 11 is 0. The molecule has 0 unspecified atom stereocenters. The van der Waals surface area contributed by atoms with Gasteiger partial charge in [0.2, 0.25) is 10.0 Å². The van der Waals surface area contributed by atoms with E-state index in [1.54, 1.807) is 0 Å². The third-order valence-corrected chi connectivity index (χ3v) is 4.01. The predicted molar refractivity (Wildman–Crippen MR) is 75.3 cm³/mol. The summed E-state index contributed by atoms with van der Waals surface area (Å²) < 4.78 is 75.0. The van der Waals surface area contributed by atoms with Crippen LogP contribution in [0.4, 0.5) is 17.6 Å². The lowest BCUT2D eigenvalue weighted by Gasteiger charge is -2.09. The smallest absolute Gasteiger partial charge is 0.251 e. The number of primary sulfonamides is 1. The summed E-state index contributed by atoms with van der Waals surface area (Å²) in [7, 11) is -3.93. The number of halogens is 4. The van der Waals surface area contributed by atoms with E-state index >= 15 is 0 Å². The molecule has 2 rings (SSSR count). The van der Waals surface area contributed by atoms with Crippen LogP contribution in [0.3, 0.4) is 0 Å². The van der Waals surface area contributed by atoms with Gasteiger partial charge in [0.1, 0.15) is 5.82 Å². The number of rotatable bonds is 4. The van der Waals surface area contributed by atoms with Gasteiger partial charge >= 0.3 is 0 Å². The van der Waals surface area contributed by atoms with Crippen LogP contribution < -0.4 is 10.5 Å². The van der Waals surface area contributed by atoms with E-state index in [1.807, 2.05) is 0 Å². The molecule has 1 amide bonds. The highest BCUT2D eigenvalue weighted by Gasteiger charge is 2.19. The van der Waals surface area contributed by atoms with Crippen molar-refractivity contribution >= 4 is 15.9 Å². The molecule has 0 heterocycles. The molecule has 2 aromatic rings. The van der Waals surface area contributed by atoms with Crippen molar-refractivity contribution in [1.29, 1.82) is 0 Å². The van der Waals surface area contributed by atoms with E-state index in [2.05, 4.69) is 5.32 Å². The first-order valence-electron chi connectivity index (χ1n) is 6.34. The second-order valence-electron chi connectivity index (χ2n) is 4.70. The Hall–Kier alpha value is -2.46. The Bertz CT molecular complexity index is 899. The van der Waals surface area contributed by atoms with Gasteiger partial charge in [-0.25, -0.2) is 31.1 Å². The van der Waals surface area contributed by atoms with E-state index in [0.29, 0.717) is 0 Å². The molecule has 0 spiro atoms. The maximum absolute atomic E-state index is 13.5. The third-order valence-electron chi connectivity index (χ3n) is 3.08. The van der Waals surface area contributed by atoms with Gasteiger partial charge in [-0.1, -0.05) is 0 Å². The number of benzene rings is 2. The zero-order valence-corrected chi connectivity index (χ0v) is 12.6. The van der Waals surface area contributed by atoms with Gasteiger partial charge in [0.05, 0.1) is 4.90 Å². The molecule has 5 nitrogen and oxygen atoms in total. The zero-order chi connectivity index (χ0) is 18.1. The molecule has 0 saturated carbocycles. The fourth-order valence-corrected chi connectivity index (χ4v) is 2.35. The number of nitrogens with one attached hydrogen (secondary N) is 1. The SMILES string of the molecule is NS(=O)(=O)c1ccc(C(=O)NCc2c(F)cc(F)c(F)c2F)cc1. The molecule has 0 fully saturated rings. The number of nitrogens with two attached hydrogens (primary N) is 1. The molecule has 0 aliphatic carbocycles. The summed E-state index contributed by atoms with van der Waals surface area (Å²) in [6.07, 6.45) is 0. The first kappa shape index (κ1) is 17.9. The molecular weight excluding hydrogens is 352 g/mol. The van der Waals surface area contributed by atoms with Gasteiger partial charge in [-0.2, -0.15) is 0 Å². The van der Waals surface area contributed by atoms with Crippen LogP contribution in [0.1, 0.15) is 15.9 Å². The summed E-state index contributed by atoms with van der Waals surface area (Å²) in [5.74, 6) is -7.43. The highest BCUT2D eigenvalue weighted by atomic mass is 32.2. The number of carbonyl (C=O) groups excluding carboxylic acids is 1. The number of sulfonamides is 1. The summed E-state index contributed by atoms with van der Waals surface area (Å²) in [6.45, 7) is -0.732. The van der Waals surface area contributed by atoms with Crippen molar-refractivity contribution in [2.75, 3.05) is 0 Å². The van der Waals surface area contributed by atoms with Crippen LogP contribution >= 0.6 is 0 Å². The Morgan fingerprint density at radius 3 is 2.12 bits per heavy atom. The van der Waals surface area contributed by atoms with Gasteiger partial charge in [0.15, 0.2) is 17.5 Å². The molecule has 3 N–H and O–H groups in total. The van der Waals surface area contributed by atoms with Crippen LogP contribution in [0.15, 0.2) is 35.2 Å². The molecule has 0 aliphatic rings. The van der Waals surface area contributed by atoms with Crippen LogP contribution in [0.2, 0.25) is 0 Å². The normalized spacial score (nSPS) is 11.4. The minimum absolute atomic E-state index is 0.0224. The second kappa shape index (κ2) is 6.57. The van der Waals surface area contributed by atoms with Crippen molar-refractivity contribution in [2.24, 2.45) is 5.14 Å². The largest absolute Gasteiger partial charge is 0.348 e. The van der Waals surface area contributed by atoms with Gasteiger partial charge in [0, 0.05) is 23.7 Å². The van der Waals surface area contributed by atoms with Crippen LogP contribution in [-0.4, -0.2) is 14.3 Å². The van der Waals surface area contributed by atoms with Crippen molar-refractivity contribution in [3.05, 3.63) is 64.7 Å². The summed E-state index contributed by atoms with van der Waals surface area (Å²) in [5, 5.41) is 7.01. The van der Waals surface area contributed by atoms with Crippen molar-refractivity contribution in [3.8, 4) is 0 Å². The summed E-state index contributed by atoms with van der Waals surface area (Å²) in [6, 6.07) is 4.58. The fourth-order valence-electron chi connectivity index (χ4n) is 1.83. The van der Waals surface area contributed by atoms with Gasteiger partial charge in [-0.05, 0) is 24.3 Å². The van der Waals surface area contributed by atoms with Gasteiger partial charge in [0.25, 0.3) is 5.91 Å². The Morgan fingerprint density at radius 2 is 1.58 bits per heavy atom. The van der Waals surface area contributed by atoms with Gasteiger partial charge in [-0.3, -0.25) is 4.79 Å². The summed E-state index contributed by atoms with van der Waals surface area (Å²) in [4.78, 5) is 11.6. The molecule has 0 aliphatic heterocycles. The van der Waals surface area contributed by atoms with Crippen LogP contribution in [0, 0.1) is 23.3 Å². The molecular formula is C14H10F4N2O3S. The topological polar surface area (TPSA) is 89.3 Å². The minimum Gasteiger partial charge on any atom is -0.348 e. The number of hydrogen-bond donors (Lipinski definition) is 2. The predicted octanol–water partition coefficient (Wildman–Crippen LogP) is 1.82. The van der Waals surface area contributed by atoms with Crippen LogP contribution in [0.25, 0.3) is 0 Å². The Labute approximate surface area is 134 Å². The molecule has 0 aromatic heterocycles. The highest BCUT2D eigenvalue weighted by molar-refractivity contribution is 7.89.